The molecule has 1 saturated heterocycles. The predicted octanol–water partition coefficient (Wildman–Crippen LogP) is 2.24. The third-order valence-electron chi connectivity index (χ3n) is 5.43. The van der Waals surface area contributed by atoms with E-state index in [4.69, 9.17) is 0 Å². The Morgan fingerprint density at radius 1 is 1.16 bits per heavy atom. The van der Waals surface area contributed by atoms with E-state index < -0.39 is 9.84 Å². The first-order chi connectivity index (χ1) is 14.8. The van der Waals surface area contributed by atoms with E-state index in [1.54, 1.807) is 30.1 Å². The number of hydrogen-bond donors (Lipinski definition) is 0. The molecule has 3 aromatic rings. The molecule has 1 amide bonds. The van der Waals surface area contributed by atoms with Crippen molar-refractivity contribution in [2.75, 3.05) is 17.3 Å². The number of sulfone groups is 1. The summed E-state index contributed by atoms with van der Waals surface area (Å²) in [5.74, 6) is -0.00642. The lowest BCUT2D eigenvalue weighted by molar-refractivity contribution is -0.130. The van der Waals surface area contributed by atoms with E-state index >= 15 is 0 Å². The summed E-state index contributed by atoms with van der Waals surface area (Å²) in [4.78, 5) is 32.0. The SMILES string of the molecule is Cn1c(SCC(=O)N(Cc2ccccc2)C2CCS(=O)(=O)C2)nc2ccccc2c1=O. The van der Waals surface area contributed by atoms with Gasteiger partial charge in [-0.1, -0.05) is 54.2 Å². The molecule has 1 unspecified atom stereocenters. The molecule has 1 fully saturated rings. The summed E-state index contributed by atoms with van der Waals surface area (Å²) in [6.45, 7) is 0.352. The average Bonchev–Trinajstić information content (AvgIpc) is 3.13. The van der Waals surface area contributed by atoms with Crippen LogP contribution in [0.2, 0.25) is 0 Å². The Bertz CT molecular complexity index is 1270. The Morgan fingerprint density at radius 2 is 1.87 bits per heavy atom. The van der Waals surface area contributed by atoms with Crippen molar-refractivity contribution in [1.29, 1.82) is 0 Å². The minimum atomic E-state index is -3.13. The van der Waals surface area contributed by atoms with Gasteiger partial charge in [0.1, 0.15) is 0 Å². The maximum atomic E-state index is 13.2. The van der Waals surface area contributed by atoms with Crippen LogP contribution in [0.3, 0.4) is 0 Å². The van der Waals surface area contributed by atoms with Crippen molar-refractivity contribution in [3.8, 4) is 0 Å². The van der Waals surface area contributed by atoms with Gasteiger partial charge in [-0.15, -0.1) is 0 Å². The first-order valence-electron chi connectivity index (χ1n) is 9.96. The van der Waals surface area contributed by atoms with Crippen molar-refractivity contribution in [2.45, 2.75) is 24.2 Å². The highest BCUT2D eigenvalue weighted by Gasteiger charge is 2.34. The first-order valence-corrected chi connectivity index (χ1v) is 12.8. The summed E-state index contributed by atoms with van der Waals surface area (Å²) in [5, 5.41) is 0.985. The van der Waals surface area contributed by atoms with Gasteiger partial charge >= 0.3 is 0 Å². The lowest BCUT2D eigenvalue weighted by Gasteiger charge is -2.28. The van der Waals surface area contributed by atoms with Crippen LogP contribution in [-0.4, -0.2) is 52.1 Å². The molecule has 1 aliphatic rings. The topological polar surface area (TPSA) is 89.3 Å². The van der Waals surface area contributed by atoms with Gasteiger partial charge in [-0.25, -0.2) is 13.4 Å². The fourth-order valence-electron chi connectivity index (χ4n) is 3.76. The number of fused-ring (bicyclic) bond motifs is 1. The molecule has 0 bridgehead atoms. The number of carbonyl (C=O) groups is 1. The summed E-state index contributed by atoms with van der Waals surface area (Å²) < 4.78 is 25.5. The smallest absolute Gasteiger partial charge is 0.261 e. The highest BCUT2D eigenvalue weighted by atomic mass is 32.2. The molecule has 31 heavy (non-hydrogen) atoms. The van der Waals surface area contributed by atoms with Gasteiger partial charge in [0, 0.05) is 19.6 Å². The number of nitrogens with zero attached hydrogens (tertiary/aromatic N) is 3. The summed E-state index contributed by atoms with van der Waals surface area (Å²) >= 11 is 1.19. The van der Waals surface area contributed by atoms with Crippen LogP contribution in [0.15, 0.2) is 64.5 Å². The highest BCUT2D eigenvalue weighted by molar-refractivity contribution is 7.99. The van der Waals surface area contributed by atoms with Gasteiger partial charge < -0.3 is 4.90 Å². The van der Waals surface area contributed by atoms with E-state index in [1.165, 1.54) is 16.3 Å². The van der Waals surface area contributed by atoms with Crippen LogP contribution in [0.1, 0.15) is 12.0 Å². The Hall–Kier alpha value is -2.65. The number of rotatable bonds is 6. The van der Waals surface area contributed by atoms with Crippen LogP contribution >= 0.6 is 11.8 Å². The minimum absolute atomic E-state index is 0.0110. The van der Waals surface area contributed by atoms with E-state index in [2.05, 4.69) is 4.98 Å². The normalized spacial score (nSPS) is 17.6. The fraction of sp³-hybridized carbons (Fsp3) is 0.318. The Kier molecular flexibility index (Phi) is 6.15. The van der Waals surface area contributed by atoms with Gasteiger partial charge in [0.25, 0.3) is 5.56 Å². The first kappa shape index (κ1) is 21.6. The standard InChI is InChI=1S/C22H23N3O4S2/c1-24-21(27)18-9-5-6-10-19(18)23-22(24)30-14-20(26)25(13-16-7-3-2-4-8-16)17-11-12-31(28,29)15-17/h2-10,17H,11-15H2,1H3. The van der Waals surface area contributed by atoms with Crippen molar-refractivity contribution in [3.05, 3.63) is 70.5 Å². The quantitative estimate of drug-likeness (QED) is 0.417. The molecule has 0 radical (unpaired) electrons. The number of para-hydroxylation sites is 1. The van der Waals surface area contributed by atoms with Gasteiger partial charge in [0.15, 0.2) is 15.0 Å². The zero-order chi connectivity index (χ0) is 22.0. The molecule has 0 spiro atoms. The number of thioether (sulfide) groups is 1. The highest BCUT2D eigenvalue weighted by Crippen LogP contribution is 2.23. The van der Waals surface area contributed by atoms with Crippen molar-refractivity contribution in [3.63, 3.8) is 0 Å². The second kappa shape index (κ2) is 8.84. The van der Waals surface area contributed by atoms with E-state index in [1.807, 2.05) is 36.4 Å². The second-order valence-electron chi connectivity index (χ2n) is 7.63. The number of hydrogen-bond acceptors (Lipinski definition) is 6. The molecular formula is C22H23N3O4S2. The van der Waals surface area contributed by atoms with Crippen molar-refractivity contribution in [2.24, 2.45) is 7.05 Å². The number of amides is 1. The lowest BCUT2D eigenvalue weighted by atomic mass is 10.1. The zero-order valence-electron chi connectivity index (χ0n) is 17.1. The van der Waals surface area contributed by atoms with E-state index in [9.17, 15) is 18.0 Å². The van der Waals surface area contributed by atoms with Crippen LogP contribution in [0.5, 0.6) is 0 Å². The Balaban J connectivity index is 1.56. The van der Waals surface area contributed by atoms with Gasteiger partial charge in [-0.2, -0.15) is 0 Å². The predicted molar refractivity (Wildman–Crippen MR) is 122 cm³/mol. The van der Waals surface area contributed by atoms with Gasteiger partial charge in [-0.3, -0.25) is 14.2 Å². The maximum absolute atomic E-state index is 13.2. The van der Waals surface area contributed by atoms with E-state index in [0.717, 1.165) is 5.56 Å². The van der Waals surface area contributed by atoms with Crippen molar-refractivity contribution < 1.29 is 13.2 Å². The van der Waals surface area contributed by atoms with Crippen molar-refractivity contribution in [1.82, 2.24) is 14.5 Å². The van der Waals surface area contributed by atoms with E-state index in [0.29, 0.717) is 29.0 Å². The Morgan fingerprint density at radius 3 is 2.58 bits per heavy atom. The molecule has 7 nitrogen and oxygen atoms in total. The molecule has 4 rings (SSSR count). The Labute approximate surface area is 185 Å². The molecule has 2 aromatic carbocycles. The zero-order valence-corrected chi connectivity index (χ0v) is 18.7. The van der Waals surface area contributed by atoms with Gasteiger partial charge in [0.05, 0.1) is 28.2 Å². The monoisotopic (exact) mass is 457 g/mol. The maximum Gasteiger partial charge on any atom is 0.261 e. The van der Waals surface area contributed by atoms with Crippen LogP contribution in [0, 0.1) is 0 Å². The number of carbonyl (C=O) groups excluding carboxylic acids is 1. The van der Waals surface area contributed by atoms with Crippen molar-refractivity contribution >= 4 is 38.4 Å². The molecule has 0 N–H and O–H groups in total. The van der Waals surface area contributed by atoms with Gasteiger partial charge in [-0.05, 0) is 24.1 Å². The summed E-state index contributed by atoms with van der Waals surface area (Å²) in [5.41, 5.74) is 1.37. The average molecular weight is 458 g/mol. The lowest BCUT2D eigenvalue weighted by Crippen LogP contribution is -2.41. The van der Waals surface area contributed by atoms with Crippen LogP contribution in [-0.2, 0) is 28.2 Å². The molecule has 1 aromatic heterocycles. The number of aromatic nitrogens is 2. The van der Waals surface area contributed by atoms with Crippen LogP contribution < -0.4 is 5.56 Å². The van der Waals surface area contributed by atoms with E-state index in [-0.39, 0.29) is 34.8 Å². The molecule has 0 saturated carbocycles. The third kappa shape index (κ3) is 4.83. The van der Waals surface area contributed by atoms with Crippen LogP contribution in [0.4, 0.5) is 0 Å². The van der Waals surface area contributed by atoms with Gasteiger partial charge in [0.2, 0.25) is 5.91 Å². The fourth-order valence-corrected chi connectivity index (χ4v) is 6.35. The molecule has 9 heteroatoms. The largest absolute Gasteiger partial charge is 0.334 e. The van der Waals surface area contributed by atoms with Crippen LogP contribution in [0.25, 0.3) is 10.9 Å². The minimum Gasteiger partial charge on any atom is -0.334 e. The summed E-state index contributed by atoms with van der Waals surface area (Å²) in [6, 6.07) is 16.3. The molecule has 2 heterocycles. The third-order valence-corrected chi connectivity index (χ3v) is 8.20. The summed E-state index contributed by atoms with van der Waals surface area (Å²) in [6.07, 6.45) is 0.443. The number of benzene rings is 2. The molecule has 162 valence electrons. The summed E-state index contributed by atoms with van der Waals surface area (Å²) in [7, 11) is -1.49. The molecular weight excluding hydrogens is 434 g/mol. The molecule has 1 atom stereocenters. The second-order valence-corrected chi connectivity index (χ2v) is 10.8. The molecule has 1 aliphatic heterocycles. The molecule has 0 aliphatic carbocycles.